The Labute approximate surface area is 105 Å². The van der Waals surface area contributed by atoms with E-state index in [4.69, 9.17) is 10.7 Å². The highest BCUT2D eigenvalue weighted by atomic mass is 15.2. The molecule has 98 valence electrons. The van der Waals surface area contributed by atoms with Gasteiger partial charge in [-0.25, -0.2) is 4.98 Å². The van der Waals surface area contributed by atoms with Gasteiger partial charge in [0.25, 0.3) is 0 Å². The summed E-state index contributed by atoms with van der Waals surface area (Å²) in [4.78, 5) is 4.74. The van der Waals surface area contributed by atoms with E-state index in [0.717, 1.165) is 23.8 Å². The summed E-state index contributed by atoms with van der Waals surface area (Å²) in [6.07, 6.45) is 4.69. The molecular weight excluding hydrogens is 210 g/mol. The first-order chi connectivity index (χ1) is 7.99. The molecule has 0 atom stereocenters. The minimum absolute atomic E-state index is 0.389. The molecule has 1 rings (SSSR count). The van der Waals surface area contributed by atoms with E-state index >= 15 is 0 Å². The molecule has 1 aromatic heterocycles. The molecule has 0 aliphatic heterocycles. The Bertz CT molecular complexity index is 351. The van der Waals surface area contributed by atoms with Crippen LogP contribution in [0.5, 0.6) is 0 Å². The lowest BCUT2D eigenvalue weighted by Crippen LogP contribution is -2.10. The van der Waals surface area contributed by atoms with Crippen LogP contribution >= 0.6 is 0 Å². The molecule has 2 N–H and O–H groups in total. The van der Waals surface area contributed by atoms with Crippen LogP contribution < -0.4 is 5.73 Å². The lowest BCUT2D eigenvalue weighted by molar-refractivity contribution is 0.556. The maximum absolute atomic E-state index is 6.23. The fourth-order valence-corrected chi connectivity index (χ4v) is 2.19. The van der Waals surface area contributed by atoms with Crippen molar-refractivity contribution in [3.05, 3.63) is 11.5 Å². The Morgan fingerprint density at radius 3 is 2.24 bits per heavy atom. The molecule has 0 amide bonds. The zero-order chi connectivity index (χ0) is 13.0. The number of aryl methyl sites for hydroxylation is 1. The molecule has 1 heterocycles. The molecule has 3 heteroatoms. The summed E-state index contributed by atoms with van der Waals surface area (Å²) < 4.78 is 2.19. The van der Waals surface area contributed by atoms with Crippen LogP contribution in [0, 0.1) is 0 Å². The minimum atomic E-state index is 0.389. The lowest BCUT2D eigenvalue weighted by atomic mass is 10.1. The second-order valence-corrected chi connectivity index (χ2v) is 5.38. The van der Waals surface area contributed by atoms with Crippen LogP contribution in [-0.4, -0.2) is 9.55 Å². The maximum atomic E-state index is 6.23. The van der Waals surface area contributed by atoms with Gasteiger partial charge in [0.05, 0.1) is 5.69 Å². The molecule has 0 saturated heterocycles. The monoisotopic (exact) mass is 237 g/mol. The van der Waals surface area contributed by atoms with Gasteiger partial charge in [0.2, 0.25) is 0 Å². The highest BCUT2D eigenvalue weighted by Crippen LogP contribution is 2.26. The molecule has 0 unspecified atom stereocenters. The normalized spacial score (nSPS) is 11.7. The number of imidazole rings is 1. The Balaban J connectivity index is 2.96. The SMILES string of the molecule is CCCCCc1nc(C(C)C)n(C(C)C)c1N. The van der Waals surface area contributed by atoms with Gasteiger partial charge < -0.3 is 10.3 Å². The number of anilines is 1. The smallest absolute Gasteiger partial charge is 0.127 e. The van der Waals surface area contributed by atoms with E-state index in [1.807, 2.05) is 0 Å². The number of hydrogen-bond donors (Lipinski definition) is 1. The highest BCUT2D eigenvalue weighted by Gasteiger charge is 2.18. The number of hydrogen-bond acceptors (Lipinski definition) is 2. The average Bonchev–Trinajstić information content (AvgIpc) is 2.57. The molecule has 0 saturated carbocycles. The molecule has 1 aromatic rings. The van der Waals surface area contributed by atoms with Gasteiger partial charge in [-0.3, -0.25) is 0 Å². The van der Waals surface area contributed by atoms with Crippen LogP contribution in [0.2, 0.25) is 0 Å². The van der Waals surface area contributed by atoms with Crippen LogP contribution in [0.4, 0.5) is 5.82 Å². The van der Waals surface area contributed by atoms with Crippen molar-refractivity contribution in [3.63, 3.8) is 0 Å². The van der Waals surface area contributed by atoms with Crippen LogP contribution in [0.3, 0.4) is 0 Å². The lowest BCUT2D eigenvalue weighted by Gasteiger charge is -2.15. The van der Waals surface area contributed by atoms with E-state index in [9.17, 15) is 0 Å². The Morgan fingerprint density at radius 2 is 1.82 bits per heavy atom. The largest absolute Gasteiger partial charge is 0.384 e. The van der Waals surface area contributed by atoms with E-state index in [-0.39, 0.29) is 0 Å². The number of nitrogens with zero attached hydrogens (tertiary/aromatic N) is 2. The predicted molar refractivity (Wildman–Crippen MR) is 74.3 cm³/mol. The van der Waals surface area contributed by atoms with Gasteiger partial charge in [0.1, 0.15) is 11.6 Å². The fourth-order valence-electron chi connectivity index (χ4n) is 2.19. The van der Waals surface area contributed by atoms with Gasteiger partial charge in [-0.2, -0.15) is 0 Å². The first-order valence-corrected chi connectivity index (χ1v) is 6.85. The first kappa shape index (κ1) is 14.1. The van der Waals surface area contributed by atoms with E-state index < -0.39 is 0 Å². The van der Waals surface area contributed by atoms with Crippen molar-refractivity contribution in [1.82, 2.24) is 9.55 Å². The molecule has 0 bridgehead atoms. The van der Waals surface area contributed by atoms with Crippen molar-refractivity contribution in [2.75, 3.05) is 5.73 Å². The average molecular weight is 237 g/mol. The molecule has 0 aliphatic rings. The van der Waals surface area contributed by atoms with Gasteiger partial charge in [-0.15, -0.1) is 0 Å². The van der Waals surface area contributed by atoms with E-state index in [1.165, 1.54) is 19.3 Å². The zero-order valence-corrected chi connectivity index (χ0v) is 12.0. The van der Waals surface area contributed by atoms with Crippen LogP contribution in [-0.2, 0) is 6.42 Å². The van der Waals surface area contributed by atoms with Crippen LogP contribution in [0.1, 0.15) is 77.4 Å². The molecule has 17 heavy (non-hydrogen) atoms. The summed E-state index contributed by atoms with van der Waals surface area (Å²) in [5.74, 6) is 2.43. The van der Waals surface area contributed by atoms with E-state index in [1.54, 1.807) is 0 Å². The Morgan fingerprint density at radius 1 is 1.18 bits per heavy atom. The number of rotatable bonds is 6. The fraction of sp³-hybridized carbons (Fsp3) is 0.786. The van der Waals surface area contributed by atoms with Gasteiger partial charge in [0, 0.05) is 12.0 Å². The first-order valence-electron chi connectivity index (χ1n) is 6.85. The Kier molecular flexibility index (Phi) is 5.03. The number of aromatic nitrogens is 2. The van der Waals surface area contributed by atoms with Crippen molar-refractivity contribution >= 4 is 5.82 Å². The summed E-state index contributed by atoms with van der Waals surface area (Å²) in [5.41, 5.74) is 7.32. The quantitative estimate of drug-likeness (QED) is 0.762. The molecule has 0 fully saturated rings. The molecular formula is C14H27N3. The predicted octanol–water partition coefficient (Wildman–Crippen LogP) is 3.90. The van der Waals surface area contributed by atoms with Gasteiger partial charge in [-0.1, -0.05) is 33.6 Å². The van der Waals surface area contributed by atoms with Gasteiger partial charge in [-0.05, 0) is 26.7 Å². The van der Waals surface area contributed by atoms with Gasteiger partial charge in [0.15, 0.2) is 0 Å². The van der Waals surface area contributed by atoms with Crippen molar-refractivity contribution in [2.45, 2.75) is 72.3 Å². The summed E-state index contributed by atoms with van der Waals surface area (Å²) >= 11 is 0. The topological polar surface area (TPSA) is 43.8 Å². The second kappa shape index (κ2) is 6.08. The minimum Gasteiger partial charge on any atom is -0.384 e. The van der Waals surface area contributed by atoms with Gasteiger partial charge >= 0.3 is 0 Å². The molecule has 0 aliphatic carbocycles. The third kappa shape index (κ3) is 3.24. The standard InChI is InChI=1S/C14H27N3/c1-6-7-8-9-12-13(15)17(11(4)5)14(16-12)10(2)3/h10-11H,6-9,15H2,1-5H3. The third-order valence-electron chi connectivity index (χ3n) is 3.10. The van der Waals surface area contributed by atoms with E-state index in [0.29, 0.717) is 12.0 Å². The third-order valence-corrected chi connectivity index (χ3v) is 3.10. The van der Waals surface area contributed by atoms with Crippen molar-refractivity contribution in [3.8, 4) is 0 Å². The molecule has 3 nitrogen and oxygen atoms in total. The summed E-state index contributed by atoms with van der Waals surface area (Å²) in [5, 5.41) is 0. The molecule has 0 aromatic carbocycles. The van der Waals surface area contributed by atoms with Crippen LogP contribution in [0.15, 0.2) is 0 Å². The summed E-state index contributed by atoms with van der Waals surface area (Å²) in [7, 11) is 0. The maximum Gasteiger partial charge on any atom is 0.127 e. The molecule has 0 radical (unpaired) electrons. The zero-order valence-electron chi connectivity index (χ0n) is 12.0. The second-order valence-electron chi connectivity index (χ2n) is 5.38. The van der Waals surface area contributed by atoms with Crippen molar-refractivity contribution in [2.24, 2.45) is 0 Å². The number of nitrogen functional groups attached to an aromatic ring is 1. The van der Waals surface area contributed by atoms with Crippen LogP contribution in [0.25, 0.3) is 0 Å². The summed E-state index contributed by atoms with van der Waals surface area (Å²) in [6, 6.07) is 0.389. The van der Waals surface area contributed by atoms with E-state index in [2.05, 4.69) is 39.2 Å². The number of nitrogens with two attached hydrogens (primary N) is 1. The van der Waals surface area contributed by atoms with Crippen molar-refractivity contribution < 1.29 is 0 Å². The summed E-state index contributed by atoms with van der Waals surface area (Å²) in [6.45, 7) is 10.9. The van der Waals surface area contributed by atoms with Crippen molar-refractivity contribution in [1.29, 1.82) is 0 Å². The Hall–Kier alpha value is -0.990. The molecule has 0 spiro atoms. The highest BCUT2D eigenvalue weighted by molar-refractivity contribution is 5.39. The number of unbranched alkanes of at least 4 members (excludes halogenated alkanes) is 2.